The van der Waals surface area contributed by atoms with E-state index in [4.69, 9.17) is 9.47 Å². The molecule has 0 bridgehead atoms. The quantitative estimate of drug-likeness (QED) is 0.264. The van der Waals surface area contributed by atoms with E-state index in [1.54, 1.807) is 16.5 Å². The molecule has 0 unspecified atom stereocenters. The first-order chi connectivity index (χ1) is 16.0. The van der Waals surface area contributed by atoms with Crippen molar-refractivity contribution in [2.45, 2.75) is 13.5 Å². The number of fused-ring (bicyclic) bond motifs is 3. The van der Waals surface area contributed by atoms with Gasteiger partial charge >= 0.3 is 0 Å². The lowest BCUT2D eigenvalue weighted by Crippen LogP contribution is -2.22. The zero-order valence-electron chi connectivity index (χ0n) is 17.5. The molecule has 5 nitrogen and oxygen atoms in total. The number of para-hydroxylation sites is 2. The van der Waals surface area contributed by atoms with Gasteiger partial charge in [0.05, 0.1) is 25.7 Å². The Kier molecular flexibility index (Phi) is 6.03. The van der Waals surface area contributed by atoms with Gasteiger partial charge in [-0.05, 0) is 83.1 Å². The van der Waals surface area contributed by atoms with Gasteiger partial charge in [0.2, 0.25) is 0 Å². The third-order valence-electron chi connectivity index (χ3n) is 5.07. The SMILES string of the molecule is CCOc1cc(/C=c2\sc3nc4ccccc4n3c2=O)cc(I)c1OCc1ccc(F)cc1. The third-order valence-corrected chi connectivity index (χ3v) is 6.84. The zero-order valence-corrected chi connectivity index (χ0v) is 20.5. The first-order valence-corrected chi connectivity index (χ1v) is 12.2. The van der Waals surface area contributed by atoms with Crippen LogP contribution in [0.25, 0.3) is 22.1 Å². The summed E-state index contributed by atoms with van der Waals surface area (Å²) in [6, 6.07) is 17.6. The fraction of sp³-hybridized carbons (Fsp3) is 0.120. The summed E-state index contributed by atoms with van der Waals surface area (Å²) in [5, 5.41) is 0. The van der Waals surface area contributed by atoms with E-state index in [1.165, 1.54) is 23.5 Å². The van der Waals surface area contributed by atoms with E-state index in [2.05, 4.69) is 27.6 Å². The Hall–Kier alpha value is -2.98. The van der Waals surface area contributed by atoms with Gasteiger partial charge in [-0.25, -0.2) is 13.8 Å². The molecule has 0 saturated heterocycles. The number of hydrogen-bond donors (Lipinski definition) is 0. The van der Waals surface area contributed by atoms with Crippen molar-refractivity contribution in [2.24, 2.45) is 0 Å². The van der Waals surface area contributed by atoms with Crippen molar-refractivity contribution in [3.63, 3.8) is 0 Å². The van der Waals surface area contributed by atoms with Gasteiger partial charge in [0.25, 0.3) is 5.56 Å². The molecule has 0 aliphatic carbocycles. The van der Waals surface area contributed by atoms with E-state index in [0.717, 1.165) is 25.7 Å². The number of rotatable bonds is 6. The standard InChI is InChI=1S/C25H18FIN2O3S/c1-2-31-21-12-16(11-18(27)23(21)32-14-15-7-9-17(26)10-8-15)13-22-24(30)29-20-6-4-3-5-19(20)28-25(29)33-22/h3-13H,2,14H2,1H3/b22-13-. The molecule has 3 aromatic carbocycles. The summed E-state index contributed by atoms with van der Waals surface area (Å²) in [7, 11) is 0. The number of hydrogen-bond acceptors (Lipinski definition) is 5. The topological polar surface area (TPSA) is 52.8 Å². The van der Waals surface area contributed by atoms with Gasteiger partial charge in [0.15, 0.2) is 16.5 Å². The molecule has 0 fully saturated rings. The van der Waals surface area contributed by atoms with Crippen molar-refractivity contribution in [3.8, 4) is 11.5 Å². The number of benzene rings is 3. The maximum atomic E-state index is 13.2. The van der Waals surface area contributed by atoms with Crippen LogP contribution in [-0.2, 0) is 6.61 Å². The summed E-state index contributed by atoms with van der Waals surface area (Å²) in [6.07, 6.45) is 1.85. The smallest absolute Gasteiger partial charge is 0.274 e. The predicted octanol–water partition coefficient (Wildman–Crippen LogP) is 5.18. The summed E-state index contributed by atoms with van der Waals surface area (Å²) in [5.41, 5.74) is 3.22. The molecule has 8 heteroatoms. The normalized spacial score (nSPS) is 12.0. The molecule has 0 aliphatic heterocycles. The van der Waals surface area contributed by atoms with E-state index in [1.807, 2.05) is 49.4 Å². The van der Waals surface area contributed by atoms with Crippen molar-refractivity contribution < 1.29 is 13.9 Å². The molecule has 0 amide bonds. The van der Waals surface area contributed by atoms with Crippen LogP contribution in [-0.4, -0.2) is 16.0 Å². The molecule has 0 saturated carbocycles. The number of nitrogens with zero attached hydrogens (tertiary/aromatic N) is 2. The molecule has 0 atom stereocenters. The molecule has 166 valence electrons. The summed E-state index contributed by atoms with van der Waals surface area (Å²) < 4.78 is 28.1. The highest BCUT2D eigenvalue weighted by atomic mass is 127. The Morgan fingerprint density at radius 2 is 1.91 bits per heavy atom. The summed E-state index contributed by atoms with van der Waals surface area (Å²) in [6.45, 7) is 2.67. The van der Waals surface area contributed by atoms with Gasteiger partial charge in [-0.3, -0.25) is 4.79 Å². The van der Waals surface area contributed by atoms with Gasteiger partial charge in [-0.2, -0.15) is 0 Å². The molecule has 5 aromatic rings. The van der Waals surface area contributed by atoms with Gasteiger partial charge in [0.1, 0.15) is 12.4 Å². The van der Waals surface area contributed by atoms with E-state index < -0.39 is 0 Å². The van der Waals surface area contributed by atoms with Crippen LogP contribution in [0.4, 0.5) is 4.39 Å². The minimum absolute atomic E-state index is 0.0895. The van der Waals surface area contributed by atoms with Crippen LogP contribution in [0, 0.1) is 9.39 Å². The van der Waals surface area contributed by atoms with Crippen LogP contribution in [0.15, 0.2) is 65.5 Å². The third kappa shape index (κ3) is 4.32. The highest BCUT2D eigenvalue weighted by Gasteiger charge is 2.14. The minimum Gasteiger partial charge on any atom is -0.490 e. The highest BCUT2D eigenvalue weighted by Crippen LogP contribution is 2.35. The van der Waals surface area contributed by atoms with Crippen LogP contribution in [0.2, 0.25) is 0 Å². The predicted molar refractivity (Wildman–Crippen MR) is 137 cm³/mol. The summed E-state index contributed by atoms with van der Waals surface area (Å²) in [5.74, 6) is 0.931. The number of aromatic nitrogens is 2. The molecule has 33 heavy (non-hydrogen) atoms. The Balaban J connectivity index is 1.52. The van der Waals surface area contributed by atoms with Crippen molar-refractivity contribution in [1.29, 1.82) is 0 Å². The lowest BCUT2D eigenvalue weighted by atomic mass is 10.2. The second kappa shape index (κ2) is 9.11. The molecule has 2 aromatic heterocycles. The van der Waals surface area contributed by atoms with Gasteiger partial charge in [-0.1, -0.05) is 35.6 Å². The molecule has 5 rings (SSSR count). The van der Waals surface area contributed by atoms with Crippen LogP contribution in [0.1, 0.15) is 18.1 Å². The first-order valence-electron chi connectivity index (χ1n) is 10.3. The van der Waals surface area contributed by atoms with E-state index in [9.17, 15) is 9.18 Å². The lowest BCUT2D eigenvalue weighted by molar-refractivity contribution is 0.267. The number of imidazole rings is 1. The Morgan fingerprint density at radius 3 is 2.70 bits per heavy atom. The largest absolute Gasteiger partial charge is 0.490 e. The van der Waals surface area contributed by atoms with Gasteiger partial charge in [-0.15, -0.1) is 0 Å². The monoisotopic (exact) mass is 572 g/mol. The van der Waals surface area contributed by atoms with Crippen molar-refractivity contribution >= 4 is 56.0 Å². The second-order valence-electron chi connectivity index (χ2n) is 7.31. The van der Waals surface area contributed by atoms with Crippen LogP contribution in [0.3, 0.4) is 0 Å². The maximum Gasteiger partial charge on any atom is 0.274 e. The fourth-order valence-electron chi connectivity index (χ4n) is 3.57. The number of thiazole rings is 1. The first kappa shape index (κ1) is 21.8. The van der Waals surface area contributed by atoms with E-state index in [-0.39, 0.29) is 11.4 Å². The Bertz CT molecular complexity index is 1580. The second-order valence-corrected chi connectivity index (χ2v) is 9.48. The Morgan fingerprint density at radius 1 is 1.12 bits per heavy atom. The molecule has 0 aliphatic rings. The zero-order chi connectivity index (χ0) is 22.9. The average molecular weight is 572 g/mol. The van der Waals surface area contributed by atoms with Crippen LogP contribution in [0.5, 0.6) is 11.5 Å². The lowest BCUT2D eigenvalue weighted by Gasteiger charge is -2.15. The minimum atomic E-state index is -0.282. The molecule has 2 heterocycles. The van der Waals surface area contributed by atoms with Crippen molar-refractivity contribution in [3.05, 3.63) is 96.1 Å². The van der Waals surface area contributed by atoms with E-state index >= 15 is 0 Å². The van der Waals surface area contributed by atoms with E-state index in [0.29, 0.717) is 34.2 Å². The summed E-state index contributed by atoms with van der Waals surface area (Å²) >= 11 is 3.56. The molecule has 0 radical (unpaired) electrons. The summed E-state index contributed by atoms with van der Waals surface area (Å²) in [4.78, 5) is 18.3. The van der Waals surface area contributed by atoms with Crippen molar-refractivity contribution in [1.82, 2.24) is 9.38 Å². The fourth-order valence-corrected chi connectivity index (χ4v) is 5.34. The molecule has 0 spiro atoms. The molecule has 0 N–H and O–H groups in total. The average Bonchev–Trinajstić information content (AvgIpc) is 3.31. The molecular weight excluding hydrogens is 554 g/mol. The highest BCUT2D eigenvalue weighted by molar-refractivity contribution is 14.1. The van der Waals surface area contributed by atoms with Crippen molar-refractivity contribution in [2.75, 3.05) is 6.61 Å². The van der Waals surface area contributed by atoms with Crippen LogP contribution < -0.4 is 19.6 Å². The molecular formula is C25H18FIN2O3S. The number of ether oxygens (including phenoxy) is 2. The van der Waals surface area contributed by atoms with Crippen LogP contribution >= 0.6 is 33.9 Å². The number of halogens is 2. The Labute approximate surface area is 206 Å². The van der Waals surface area contributed by atoms with Gasteiger partial charge in [0, 0.05) is 0 Å². The van der Waals surface area contributed by atoms with Gasteiger partial charge < -0.3 is 9.47 Å². The maximum absolute atomic E-state index is 13.2.